The van der Waals surface area contributed by atoms with Crippen LogP contribution in [-0.4, -0.2) is 46.4 Å². The molecule has 0 radical (unpaired) electrons. The molecule has 0 aliphatic heterocycles. The summed E-state index contributed by atoms with van der Waals surface area (Å²) in [6.07, 6.45) is 3.00. The minimum absolute atomic E-state index is 0.0486. The van der Waals surface area contributed by atoms with E-state index < -0.39 is 6.29 Å². The maximum absolute atomic E-state index is 12.3. The van der Waals surface area contributed by atoms with Crippen molar-refractivity contribution in [2.45, 2.75) is 52.5 Å². The van der Waals surface area contributed by atoms with Crippen LogP contribution in [0.25, 0.3) is 0 Å². The van der Waals surface area contributed by atoms with Gasteiger partial charge in [0.1, 0.15) is 0 Å². The molecule has 2 rings (SSSR count). The number of nitrogens with zero attached hydrogens (tertiary/aromatic N) is 3. The highest BCUT2D eigenvalue weighted by molar-refractivity contribution is 5.92. The van der Waals surface area contributed by atoms with Crippen LogP contribution in [0.15, 0.2) is 36.5 Å². The molecule has 0 aliphatic rings. The molecule has 1 N–H and O–H groups in total. The van der Waals surface area contributed by atoms with Gasteiger partial charge in [0, 0.05) is 19.3 Å². The number of carbonyl (C=O) groups excluding carboxylic acids is 1. The SMILES string of the molecule is CCOC(Cn1cc(C(=O)NC(C)CCc2ccccc2)nn1)OCC. The second-order valence-electron chi connectivity index (χ2n) is 6.06. The third kappa shape index (κ3) is 6.57. The number of aryl methyl sites for hydroxylation is 1. The average molecular weight is 360 g/mol. The predicted molar refractivity (Wildman–Crippen MR) is 98.8 cm³/mol. The van der Waals surface area contributed by atoms with Crippen LogP contribution in [0.2, 0.25) is 0 Å². The molecule has 0 aliphatic carbocycles. The highest BCUT2D eigenvalue weighted by Gasteiger charge is 2.16. The van der Waals surface area contributed by atoms with Crippen LogP contribution in [-0.2, 0) is 22.4 Å². The van der Waals surface area contributed by atoms with Crippen molar-refractivity contribution in [3.63, 3.8) is 0 Å². The third-order valence-electron chi connectivity index (χ3n) is 3.90. The second kappa shape index (κ2) is 10.7. The summed E-state index contributed by atoms with van der Waals surface area (Å²) < 4.78 is 12.5. The van der Waals surface area contributed by atoms with Gasteiger partial charge in [0.25, 0.3) is 5.91 Å². The molecule has 0 bridgehead atoms. The largest absolute Gasteiger partial charge is 0.351 e. The fourth-order valence-electron chi connectivity index (χ4n) is 2.57. The van der Waals surface area contributed by atoms with E-state index in [9.17, 15) is 4.79 Å². The molecule has 26 heavy (non-hydrogen) atoms. The Bertz CT molecular complexity index is 654. The Kier molecular flexibility index (Phi) is 8.24. The number of hydrogen-bond acceptors (Lipinski definition) is 5. The lowest BCUT2D eigenvalue weighted by atomic mass is 10.1. The molecular formula is C19H28N4O3. The maximum atomic E-state index is 12.3. The molecule has 1 amide bonds. The van der Waals surface area contributed by atoms with Crippen LogP contribution in [0.5, 0.6) is 0 Å². The Hall–Kier alpha value is -2.25. The van der Waals surface area contributed by atoms with Crippen LogP contribution < -0.4 is 5.32 Å². The van der Waals surface area contributed by atoms with Crippen molar-refractivity contribution in [3.05, 3.63) is 47.8 Å². The zero-order chi connectivity index (χ0) is 18.8. The van der Waals surface area contributed by atoms with Crippen LogP contribution in [0, 0.1) is 0 Å². The standard InChI is InChI=1S/C19H28N4O3/c1-4-25-18(26-5-2)14-23-13-17(21-22-23)19(24)20-15(3)11-12-16-9-7-6-8-10-16/h6-10,13,15,18H,4-5,11-12,14H2,1-3H3,(H,20,24). The van der Waals surface area contributed by atoms with Gasteiger partial charge in [-0.15, -0.1) is 5.10 Å². The average Bonchev–Trinajstić information content (AvgIpc) is 3.10. The summed E-state index contributed by atoms with van der Waals surface area (Å²) in [6, 6.07) is 10.3. The number of amides is 1. The second-order valence-corrected chi connectivity index (χ2v) is 6.06. The first kappa shape index (κ1) is 20.1. The van der Waals surface area contributed by atoms with E-state index in [2.05, 4.69) is 27.8 Å². The topological polar surface area (TPSA) is 78.3 Å². The van der Waals surface area contributed by atoms with Gasteiger partial charge in [-0.3, -0.25) is 4.79 Å². The highest BCUT2D eigenvalue weighted by atomic mass is 16.7. The van der Waals surface area contributed by atoms with E-state index in [0.717, 1.165) is 12.8 Å². The summed E-state index contributed by atoms with van der Waals surface area (Å²) >= 11 is 0. The third-order valence-corrected chi connectivity index (χ3v) is 3.90. The Morgan fingerprint density at radius 2 is 1.88 bits per heavy atom. The number of hydrogen-bond donors (Lipinski definition) is 1. The Balaban J connectivity index is 1.82. The molecular weight excluding hydrogens is 332 g/mol. The van der Waals surface area contributed by atoms with Crippen LogP contribution in [0.3, 0.4) is 0 Å². The normalized spacial score (nSPS) is 12.3. The van der Waals surface area contributed by atoms with E-state index in [1.165, 1.54) is 5.56 Å². The molecule has 2 aromatic rings. The van der Waals surface area contributed by atoms with Crippen molar-refractivity contribution < 1.29 is 14.3 Å². The van der Waals surface area contributed by atoms with Crippen molar-refractivity contribution in [2.75, 3.05) is 13.2 Å². The van der Waals surface area contributed by atoms with Gasteiger partial charge >= 0.3 is 0 Å². The summed E-state index contributed by atoms with van der Waals surface area (Å²) in [5.41, 5.74) is 1.56. The lowest BCUT2D eigenvalue weighted by molar-refractivity contribution is -0.145. The van der Waals surface area contributed by atoms with E-state index in [-0.39, 0.29) is 11.9 Å². The number of ether oxygens (including phenoxy) is 2. The van der Waals surface area contributed by atoms with Crippen molar-refractivity contribution in [3.8, 4) is 0 Å². The molecule has 1 aromatic heterocycles. The lowest BCUT2D eigenvalue weighted by Crippen LogP contribution is -2.33. The van der Waals surface area contributed by atoms with Gasteiger partial charge in [0.15, 0.2) is 12.0 Å². The van der Waals surface area contributed by atoms with Crippen molar-refractivity contribution in [1.29, 1.82) is 0 Å². The smallest absolute Gasteiger partial charge is 0.273 e. The van der Waals surface area contributed by atoms with E-state index in [0.29, 0.717) is 25.5 Å². The summed E-state index contributed by atoms with van der Waals surface area (Å²) in [5.74, 6) is -0.221. The minimum atomic E-state index is -0.396. The minimum Gasteiger partial charge on any atom is -0.351 e. The molecule has 142 valence electrons. The van der Waals surface area contributed by atoms with Gasteiger partial charge in [-0.05, 0) is 39.2 Å². The van der Waals surface area contributed by atoms with E-state index >= 15 is 0 Å². The Morgan fingerprint density at radius 3 is 2.54 bits per heavy atom. The van der Waals surface area contributed by atoms with Gasteiger partial charge in [-0.25, -0.2) is 4.68 Å². The fourth-order valence-corrected chi connectivity index (χ4v) is 2.57. The Morgan fingerprint density at radius 1 is 1.19 bits per heavy atom. The van der Waals surface area contributed by atoms with Crippen LogP contribution >= 0.6 is 0 Å². The first-order valence-electron chi connectivity index (χ1n) is 9.10. The molecule has 0 saturated carbocycles. The summed E-state index contributed by atoms with van der Waals surface area (Å²) in [4.78, 5) is 12.3. The molecule has 0 fully saturated rings. The van der Waals surface area contributed by atoms with Crippen molar-refractivity contribution in [2.24, 2.45) is 0 Å². The van der Waals surface area contributed by atoms with Crippen molar-refractivity contribution in [1.82, 2.24) is 20.3 Å². The molecule has 1 heterocycles. The molecule has 1 aromatic carbocycles. The van der Waals surface area contributed by atoms with Crippen LogP contribution in [0.1, 0.15) is 43.2 Å². The zero-order valence-electron chi connectivity index (χ0n) is 15.7. The molecule has 0 saturated heterocycles. The highest BCUT2D eigenvalue weighted by Crippen LogP contribution is 2.06. The predicted octanol–water partition coefficient (Wildman–Crippen LogP) is 2.43. The number of carbonyl (C=O) groups is 1. The summed E-state index contributed by atoms with van der Waals surface area (Å²) in [6.45, 7) is 7.29. The number of benzene rings is 1. The van der Waals surface area contributed by atoms with Gasteiger partial charge in [0.05, 0.1) is 12.7 Å². The van der Waals surface area contributed by atoms with Gasteiger partial charge in [0.2, 0.25) is 0 Å². The Labute approximate surface area is 154 Å². The van der Waals surface area contributed by atoms with Crippen LogP contribution in [0.4, 0.5) is 0 Å². The summed E-state index contributed by atoms with van der Waals surface area (Å²) in [7, 11) is 0. The maximum Gasteiger partial charge on any atom is 0.273 e. The first-order valence-corrected chi connectivity index (χ1v) is 9.10. The lowest BCUT2D eigenvalue weighted by Gasteiger charge is -2.16. The molecule has 7 heteroatoms. The first-order chi connectivity index (χ1) is 12.6. The van der Waals surface area contributed by atoms with Crippen molar-refractivity contribution >= 4 is 5.91 Å². The monoisotopic (exact) mass is 360 g/mol. The molecule has 0 spiro atoms. The number of rotatable bonds is 11. The van der Waals surface area contributed by atoms with E-state index in [1.807, 2.05) is 39.0 Å². The molecule has 7 nitrogen and oxygen atoms in total. The molecule has 1 atom stereocenters. The van der Waals surface area contributed by atoms with E-state index in [1.54, 1.807) is 10.9 Å². The molecule has 1 unspecified atom stereocenters. The number of aromatic nitrogens is 3. The van der Waals surface area contributed by atoms with Gasteiger partial charge in [-0.2, -0.15) is 0 Å². The number of nitrogens with one attached hydrogen (secondary N) is 1. The van der Waals surface area contributed by atoms with Gasteiger partial charge < -0.3 is 14.8 Å². The van der Waals surface area contributed by atoms with Gasteiger partial charge in [-0.1, -0.05) is 35.5 Å². The summed E-state index contributed by atoms with van der Waals surface area (Å²) in [5, 5.41) is 10.9. The fraction of sp³-hybridized carbons (Fsp3) is 0.526. The quantitative estimate of drug-likeness (QED) is 0.623. The van der Waals surface area contributed by atoms with E-state index in [4.69, 9.17) is 9.47 Å². The zero-order valence-corrected chi connectivity index (χ0v) is 15.7.